The van der Waals surface area contributed by atoms with Crippen molar-refractivity contribution in [3.63, 3.8) is 0 Å². The van der Waals surface area contributed by atoms with Gasteiger partial charge >= 0.3 is 5.97 Å². The molecule has 164 valence electrons. The fraction of sp³-hybridized carbons (Fsp3) is 0.360. The van der Waals surface area contributed by atoms with Crippen LogP contribution in [0.25, 0.3) is 11.5 Å². The number of carbonyl (C=O) groups excluding carboxylic acids is 1. The normalized spacial score (nSPS) is 15.8. The Morgan fingerprint density at radius 1 is 1.16 bits per heavy atom. The highest BCUT2D eigenvalue weighted by atomic mass is 32.1. The van der Waals surface area contributed by atoms with E-state index in [0.29, 0.717) is 18.1 Å². The van der Waals surface area contributed by atoms with Crippen molar-refractivity contribution in [2.24, 2.45) is 11.0 Å². The van der Waals surface area contributed by atoms with Crippen LogP contribution in [0.5, 0.6) is 0 Å². The van der Waals surface area contributed by atoms with Crippen LogP contribution in [-0.2, 0) is 20.9 Å². The van der Waals surface area contributed by atoms with Gasteiger partial charge in [-0.2, -0.15) is 5.10 Å². The van der Waals surface area contributed by atoms with Gasteiger partial charge in [0.1, 0.15) is 6.61 Å². The SMILES string of the molecule is CC/C(C)=C1/c2ccsc2C(OCc2ccccc2)=C(C(=O)OC)N1/N=C(\C)C(C)C. The van der Waals surface area contributed by atoms with Gasteiger partial charge in [0.05, 0.1) is 17.7 Å². The molecule has 1 aliphatic heterocycles. The molecule has 6 heteroatoms. The smallest absolute Gasteiger partial charge is 0.360 e. The van der Waals surface area contributed by atoms with Crippen molar-refractivity contribution in [2.45, 2.75) is 47.6 Å². The number of rotatable bonds is 7. The number of thiophene rings is 1. The van der Waals surface area contributed by atoms with E-state index >= 15 is 0 Å². The number of methoxy groups -OCH3 is 1. The van der Waals surface area contributed by atoms with Crippen LogP contribution in [0, 0.1) is 5.92 Å². The van der Waals surface area contributed by atoms with Gasteiger partial charge in [-0.05, 0) is 48.8 Å². The molecule has 0 aliphatic carbocycles. The van der Waals surface area contributed by atoms with Crippen molar-refractivity contribution in [2.75, 3.05) is 7.11 Å². The molecule has 3 rings (SSSR count). The van der Waals surface area contributed by atoms with Gasteiger partial charge in [0.2, 0.25) is 0 Å². The van der Waals surface area contributed by atoms with Gasteiger partial charge < -0.3 is 9.47 Å². The van der Waals surface area contributed by atoms with E-state index in [9.17, 15) is 4.79 Å². The topological polar surface area (TPSA) is 51.1 Å². The second-order valence-corrected chi connectivity index (χ2v) is 8.71. The maximum Gasteiger partial charge on any atom is 0.360 e. The van der Waals surface area contributed by atoms with Crippen LogP contribution >= 0.6 is 11.3 Å². The summed E-state index contributed by atoms with van der Waals surface area (Å²) in [6.45, 7) is 10.7. The zero-order chi connectivity index (χ0) is 22.5. The zero-order valence-electron chi connectivity index (χ0n) is 19.1. The summed E-state index contributed by atoms with van der Waals surface area (Å²) < 4.78 is 11.5. The van der Waals surface area contributed by atoms with E-state index in [1.165, 1.54) is 7.11 Å². The fourth-order valence-electron chi connectivity index (χ4n) is 3.19. The standard InChI is InChI=1S/C25H30N2O3S/c1-7-17(4)21-20-13-14-31-24(20)23(30-15-19-11-9-8-10-12-19)22(25(28)29-6)27(21)26-18(5)16(2)3/h8-14,16H,7,15H2,1-6H3/b21-17-,26-18+. The average Bonchev–Trinajstić information content (AvgIpc) is 3.26. The Morgan fingerprint density at radius 2 is 1.87 bits per heavy atom. The molecule has 0 saturated heterocycles. The van der Waals surface area contributed by atoms with Crippen LogP contribution in [0.4, 0.5) is 0 Å². The minimum atomic E-state index is -0.469. The number of hydrazone groups is 1. The molecule has 0 N–H and O–H groups in total. The molecule has 1 aromatic carbocycles. The summed E-state index contributed by atoms with van der Waals surface area (Å²) in [4.78, 5) is 14.0. The Kier molecular flexibility index (Phi) is 7.33. The summed E-state index contributed by atoms with van der Waals surface area (Å²) in [6.07, 6.45) is 0.839. The molecule has 0 atom stereocenters. The molecule has 5 nitrogen and oxygen atoms in total. The summed E-state index contributed by atoms with van der Waals surface area (Å²) in [7, 11) is 1.39. The first-order valence-electron chi connectivity index (χ1n) is 10.5. The molecule has 2 aromatic rings. The second kappa shape index (κ2) is 9.96. The highest BCUT2D eigenvalue weighted by molar-refractivity contribution is 7.11. The van der Waals surface area contributed by atoms with E-state index in [0.717, 1.165) is 39.4 Å². The summed E-state index contributed by atoms with van der Waals surface area (Å²) >= 11 is 1.56. The number of ether oxygens (including phenoxy) is 2. The highest BCUT2D eigenvalue weighted by Gasteiger charge is 2.37. The number of nitrogens with zero attached hydrogens (tertiary/aromatic N) is 2. The monoisotopic (exact) mass is 438 g/mol. The second-order valence-electron chi connectivity index (χ2n) is 7.80. The van der Waals surface area contributed by atoms with Gasteiger partial charge in [-0.25, -0.2) is 9.80 Å². The van der Waals surface area contributed by atoms with Crippen molar-refractivity contribution < 1.29 is 14.3 Å². The van der Waals surface area contributed by atoms with Crippen molar-refractivity contribution in [1.82, 2.24) is 5.01 Å². The molecule has 0 unspecified atom stereocenters. The van der Waals surface area contributed by atoms with E-state index in [-0.39, 0.29) is 5.92 Å². The summed E-state index contributed by atoms with van der Waals surface area (Å²) in [5.74, 6) is 0.275. The first-order valence-corrected chi connectivity index (χ1v) is 11.4. The van der Waals surface area contributed by atoms with Crippen LogP contribution in [0.15, 0.2) is 58.1 Å². The van der Waals surface area contributed by atoms with Gasteiger partial charge in [0.15, 0.2) is 11.5 Å². The van der Waals surface area contributed by atoms with Crippen LogP contribution in [0.3, 0.4) is 0 Å². The lowest BCUT2D eigenvalue weighted by molar-refractivity contribution is -0.137. The molecule has 0 saturated carbocycles. The third-order valence-corrected chi connectivity index (χ3v) is 6.31. The maximum atomic E-state index is 13.0. The first kappa shape index (κ1) is 22.8. The minimum absolute atomic E-state index is 0.236. The Morgan fingerprint density at radius 3 is 2.48 bits per heavy atom. The fourth-order valence-corrected chi connectivity index (χ4v) is 4.09. The molecule has 1 aromatic heterocycles. The molecule has 0 bridgehead atoms. The minimum Gasteiger partial charge on any atom is -0.485 e. The number of hydrogen-bond acceptors (Lipinski definition) is 6. The first-order chi connectivity index (χ1) is 14.9. The van der Waals surface area contributed by atoms with Crippen molar-refractivity contribution in [3.05, 3.63) is 69.1 Å². The van der Waals surface area contributed by atoms with E-state index in [1.807, 2.05) is 42.6 Å². The maximum absolute atomic E-state index is 13.0. The summed E-state index contributed by atoms with van der Waals surface area (Å²) in [6, 6.07) is 12.0. The number of benzene rings is 1. The third kappa shape index (κ3) is 4.74. The van der Waals surface area contributed by atoms with Crippen LogP contribution < -0.4 is 0 Å². The Balaban J connectivity index is 2.23. The molecule has 0 spiro atoms. The molecule has 2 heterocycles. The number of esters is 1. The van der Waals surface area contributed by atoms with Crippen LogP contribution in [-0.4, -0.2) is 23.8 Å². The lowest BCUT2D eigenvalue weighted by Crippen LogP contribution is -2.30. The third-order valence-electron chi connectivity index (χ3n) is 5.40. The summed E-state index contributed by atoms with van der Waals surface area (Å²) in [5, 5.41) is 8.63. The molecule has 0 radical (unpaired) electrons. The lowest BCUT2D eigenvalue weighted by atomic mass is 10.0. The number of allylic oxidation sites excluding steroid dienone is 1. The van der Waals surface area contributed by atoms with Gasteiger partial charge in [-0.15, -0.1) is 11.3 Å². The number of hydrogen-bond donors (Lipinski definition) is 0. The quantitative estimate of drug-likeness (QED) is 0.376. The highest BCUT2D eigenvalue weighted by Crippen LogP contribution is 2.44. The van der Waals surface area contributed by atoms with Crippen molar-refractivity contribution in [3.8, 4) is 0 Å². The molecule has 1 aliphatic rings. The average molecular weight is 439 g/mol. The van der Waals surface area contributed by atoms with E-state index in [1.54, 1.807) is 16.3 Å². The molecule has 0 fully saturated rings. The Labute approximate surface area is 188 Å². The van der Waals surface area contributed by atoms with Gasteiger partial charge in [-0.1, -0.05) is 51.1 Å². The lowest BCUT2D eigenvalue weighted by Gasteiger charge is -2.32. The molecule has 31 heavy (non-hydrogen) atoms. The Bertz CT molecular complexity index is 1030. The molecular formula is C25H30N2O3S. The van der Waals surface area contributed by atoms with E-state index in [4.69, 9.17) is 14.6 Å². The molecular weight excluding hydrogens is 408 g/mol. The largest absolute Gasteiger partial charge is 0.485 e. The predicted molar refractivity (Wildman–Crippen MR) is 127 cm³/mol. The van der Waals surface area contributed by atoms with Crippen LogP contribution in [0.1, 0.15) is 57.0 Å². The molecule has 0 amide bonds. The Hall–Kier alpha value is -2.86. The van der Waals surface area contributed by atoms with E-state index in [2.05, 4.69) is 33.8 Å². The van der Waals surface area contributed by atoms with Gasteiger partial charge in [0, 0.05) is 11.3 Å². The van der Waals surface area contributed by atoms with E-state index < -0.39 is 5.97 Å². The van der Waals surface area contributed by atoms with Gasteiger partial charge in [-0.3, -0.25) is 0 Å². The van der Waals surface area contributed by atoms with Gasteiger partial charge in [0.25, 0.3) is 0 Å². The zero-order valence-corrected chi connectivity index (χ0v) is 19.9. The van der Waals surface area contributed by atoms with Crippen molar-refractivity contribution >= 4 is 34.5 Å². The number of fused-ring (bicyclic) bond motifs is 1. The van der Waals surface area contributed by atoms with Crippen molar-refractivity contribution in [1.29, 1.82) is 0 Å². The predicted octanol–water partition coefficient (Wildman–Crippen LogP) is 6.30. The number of carbonyl (C=O) groups is 1. The summed E-state index contributed by atoms with van der Waals surface area (Å²) in [5.41, 5.74) is 5.35. The van der Waals surface area contributed by atoms with Crippen LogP contribution in [0.2, 0.25) is 0 Å².